The lowest BCUT2D eigenvalue weighted by atomic mass is 9.94. The van der Waals surface area contributed by atoms with Crippen LogP contribution in [-0.4, -0.2) is 43.2 Å². The summed E-state index contributed by atoms with van der Waals surface area (Å²) in [6, 6.07) is 13.5. The van der Waals surface area contributed by atoms with Gasteiger partial charge in [-0.15, -0.1) is 0 Å². The molecular formula is C21H25NO6S. The number of carbonyl (C=O) groups excluding carboxylic acids is 2. The monoisotopic (exact) mass is 419 g/mol. The summed E-state index contributed by atoms with van der Waals surface area (Å²) in [5.74, 6) is -1.95. The molecule has 8 heteroatoms. The molecule has 0 bridgehead atoms. The summed E-state index contributed by atoms with van der Waals surface area (Å²) < 4.78 is 36.1. The molecule has 0 radical (unpaired) electrons. The second-order valence-electron chi connectivity index (χ2n) is 6.41. The lowest BCUT2D eigenvalue weighted by Crippen LogP contribution is -2.43. The maximum absolute atomic E-state index is 13.0. The summed E-state index contributed by atoms with van der Waals surface area (Å²) in [5.41, 5.74) is 3.04. The number of esters is 1. The molecule has 29 heavy (non-hydrogen) atoms. The summed E-state index contributed by atoms with van der Waals surface area (Å²) in [5, 5.41) is 2.55. The minimum absolute atomic E-state index is 0.0809. The molecule has 7 nitrogen and oxygen atoms in total. The second-order valence-corrected chi connectivity index (χ2v) is 7.98. The van der Waals surface area contributed by atoms with Gasteiger partial charge < -0.3 is 10.1 Å². The van der Waals surface area contributed by atoms with Gasteiger partial charge in [-0.3, -0.25) is 9.35 Å². The number of nitrogens with one attached hydrogen (secondary N) is 1. The van der Waals surface area contributed by atoms with Gasteiger partial charge in [0.25, 0.3) is 16.0 Å². The number of hydrogen-bond donors (Lipinski definition) is 2. The number of benzene rings is 2. The van der Waals surface area contributed by atoms with E-state index in [0.717, 1.165) is 17.5 Å². The van der Waals surface area contributed by atoms with E-state index in [2.05, 4.69) is 5.32 Å². The predicted octanol–water partition coefficient (Wildman–Crippen LogP) is 2.86. The Balaban J connectivity index is 2.34. The Hall–Kier alpha value is -2.71. The zero-order chi connectivity index (χ0) is 21.4. The van der Waals surface area contributed by atoms with Crippen LogP contribution < -0.4 is 5.32 Å². The molecule has 0 aliphatic carbocycles. The van der Waals surface area contributed by atoms with E-state index < -0.39 is 33.8 Å². The zero-order valence-corrected chi connectivity index (χ0v) is 17.2. The van der Waals surface area contributed by atoms with Gasteiger partial charge in [0.05, 0.1) is 12.4 Å². The Morgan fingerprint density at radius 3 is 2.28 bits per heavy atom. The summed E-state index contributed by atoms with van der Waals surface area (Å²) in [7, 11) is -4.29. The molecule has 0 fully saturated rings. The van der Waals surface area contributed by atoms with Crippen LogP contribution in [0.4, 0.5) is 0 Å². The van der Waals surface area contributed by atoms with E-state index in [1.54, 1.807) is 19.1 Å². The molecule has 1 amide bonds. The van der Waals surface area contributed by atoms with Crippen molar-refractivity contribution >= 4 is 22.0 Å². The van der Waals surface area contributed by atoms with Gasteiger partial charge in [0.15, 0.2) is 0 Å². The first kappa shape index (κ1) is 22.6. The number of rotatable bonds is 9. The highest BCUT2D eigenvalue weighted by Crippen LogP contribution is 2.27. The minimum Gasteiger partial charge on any atom is -0.464 e. The number of hydrogen-bond acceptors (Lipinski definition) is 5. The van der Waals surface area contributed by atoms with Crippen LogP contribution >= 0.6 is 0 Å². The molecule has 2 N–H and O–H groups in total. The minimum atomic E-state index is -4.29. The van der Waals surface area contributed by atoms with Crippen LogP contribution in [0.2, 0.25) is 0 Å². The van der Waals surface area contributed by atoms with E-state index in [-0.39, 0.29) is 13.0 Å². The summed E-state index contributed by atoms with van der Waals surface area (Å²) in [6.07, 6.45) is 0.489. The third-order valence-corrected chi connectivity index (χ3v) is 5.15. The van der Waals surface area contributed by atoms with Crippen molar-refractivity contribution in [2.45, 2.75) is 32.7 Å². The molecule has 0 aliphatic heterocycles. The third-order valence-electron chi connectivity index (χ3n) is 4.40. The summed E-state index contributed by atoms with van der Waals surface area (Å²) in [6.45, 7) is 3.71. The van der Waals surface area contributed by atoms with Crippen molar-refractivity contribution < 1.29 is 27.3 Å². The zero-order valence-electron chi connectivity index (χ0n) is 16.4. The standard InChI is InChI=1S/C21H25NO6S/c1-3-15-9-5-6-10-16(15)17-11-7-8-12-18(17)20(23)22-19(21(24)28-4-2)13-14-29(25,26)27/h5-12,19H,3-4,13-14H2,1-2H3,(H,22,23)(H,25,26,27)/t19-/m0/s1. The van der Waals surface area contributed by atoms with Crippen molar-refractivity contribution in [1.29, 1.82) is 0 Å². The molecule has 156 valence electrons. The SMILES string of the molecule is CCOC(=O)[C@H](CCS(=O)(=O)O)NC(=O)c1ccccc1-c1ccccc1CC. The van der Waals surface area contributed by atoms with Crippen LogP contribution in [0.5, 0.6) is 0 Å². The van der Waals surface area contributed by atoms with Gasteiger partial charge in [-0.2, -0.15) is 8.42 Å². The highest BCUT2D eigenvalue weighted by atomic mass is 32.2. The number of carbonyl (C=O) groups is 2. The third kappa shape index (κ3) is 6.40. The molecule has 0 saturated heterocycles. The number of amides is 1. The average molecular weight is 419 g/mol. The molecule has 0 spiro atoms. The van der Waals surface area contributed by atoms with Gasteiger partial charge in [-0.05, 0) is 42.5 Å². The van der Waals surface area contributed by atoms with Crippen molar-refractivity contribution in [1.82, 2.24) is 5.32 Å². The van der Waals surface area contributed by atoms with E-state index in [0.29, 0.717) is 11.1 Å². The average Bonchev–Trinajstić information content (AvgIpc) is 2.70. The predicted molar refractivity (Wildman–Crippen MR) is 110 cm³/mol. The van der Waals surface area contributed by atoms with Crippen molar-refractivity contribution in [2.24, 2.45) is 0 Å². The fraction of sp³-hybridized carbons (Fsp3) is 0.333. The maximum Gasteiger partial charge on any atom is 0.328 e. The highest BCUT2D eigenvalue weighted by molar-refractivity contribution is 7.85. The molecule has 1 atom stereocenters. The first-order valence-corrected chi connectivity index (χ1v) is 11.0. The lowest BCUT2D eigenvalue weighted by molar-refractivity contribution is -0.145. The molecule has 2 rings (SSSR count). The number of ether oxygens (including phenoxy) is 1. The molecule has 2 aromatic carbocycles. The fourth-order valence-electron chi connectivity index (χ4n) is 3.00. The Morgan fingerprint density at radius 2 is 1.66 bits per heavy atom. The Kier molecular flexibility index (Phi) is 7.92. The van der Waals surface area contributed by atoms with Gasteiger partial charge in [-0.1, -0.05) is 49.4 Å². The van der Waals surface area contributed by atoms with Crippen LogP contribution in [0.3, 0.4) is 0 Å². The van der Waals surface area contributed by atoms with E-state index in [4.69, 9.17) is 9.29 Å². The smallest absolute Gasteiger partial charge is 0.328 e. The van der Waals surface area contributed by atoms with Crippen LogP contribution in [-0.2, 0) is 26.1 Å². The largest absolute Gasteiger partial charge is 0.464 e. The molecule has 0 aromatic heterocycles. The quantitative estimate of drug-likeness (QED) is 0.478. The first-order valence-electron chi connectivity index (χ1n) is 9.36. The van der Waals surface area contributed by atoms with Crippen LogP contribution in [0.1, 0.15) is 36.2 Å². The van der Waals surface area contributed by atoms with Gasteiger partial charge in [-0.25, -0.2) is 4.79 Å². The first-order chi connectivity index (χ1) is 13.8. The second kappa shape index (κ2) is 10.2. The van der Waals surface area contributed by atoms with E-state index in [1.165, 1.54) is 0 Å². The van der Waals surface area contributed by atoms with Crippen molar-refractivity contribution in [2.75, 3.05) is 12.4 Å². The van der Waals surface area contributed by atoms with Crippen LogP contribution in [0.25, 0.3) is 11.1 Å². The molecular weight excluding hydrogens is 394 g/mol. The fourth-order valence-corrected chi connectivity index (χ4v) is 3.54. The normalized spacial score (nSPS) is 12.2. The van der Waals surface area contributed by atoms with E-state index >= 15 is 0 Å². The maximum atomic E-state index is 13.0. The van der Waals surface area contributed by atoms with Gasteiger partial charge >= 0.3 is 5.97 Å². The van der Waals surface area contributed by atoms with E-state index in [9.17, 15) is 18.0 Å². The van der Waals surface area contributed by atoms with Crippen LogP contribution in [0, 0.1) is 0 Å². The van der Waals surface area contributed by atoms with Crippen molar-refractivity contribution in [3.05, 3.63) is 59.7 Å². The summed E-state index contributed by atoms with van der Waals surface area (Å²) in [4.78, 5) is 25.1. The lowest BCUT2D eigenvalue weighted by Gasteiger charge is -2.18. The highest BCUT2D eigenvalue weighted by Gasteiger charge is 2.25. The van der Waals surface area contributed by atoms with Gasteiger partial charge in [0, 0.05) is 5.56 Å². The molecule has 0 aliphatic rings. The Bertz CT molecular complexity index is 971. The molecule has 0 saturated carbocycles. The molecule has 0 heterocycles. The van der Waals surface area contributed by atoms with Crippen molar-refractivity contribution in [3.8, 4) is 11.1 Å². The Labute approximate surface area is 170 Å². The van der Waals surface area contributed by atoms with Gasteiger partial charge in [0.2, 0.25) is 0 Å². The van der Waals surface area contributed by atoms with E-state index in [1.807, 2.05) is 43.3 Å². The van der Waals surface area contributed by atoms with Gasteiger partial charge in [0.1, 0.15) is 6.04 Å². The molecule has 0 unspecified atom stereocenters. The topological polar surface area (TPSA) is 110 Å². The van der Waals surface area contributed by atoms with Crippen LogP contribution in [0.15, 0.2) is 48.5 Å². The molecule has 2 aromatic rings. The Morgan fingerprint density at radius 1 is 1.03 bits per heavy atom. The van der Waals surface area contributed by atoms with Crippen molar-refractivity contribution in [3.63, 3.8) is 0 Å². The number of aryl methyl sites for hydroxylation is 1. The summed E-state index contributed by atoms with van der Waals surface area (Å²) >= 11 is 0.